The summed E-state index contributed by atoms with van der Waals surface area (Å²) in [4.78, 5) is 0. The van der Waals surface area contributed by atoms with Gasteiger partial charge in [-0.3, -0.25) is 0 Å². The van der Waals surface area contributed by atoms with Crippen LogP contribution in [0.15, 0.2) is 0 Å². The molecule has 1 aliphatic rings. The molecule has 1 heterocycles. The number of rotatable bonds is 2. The zero-order valence-electron chi connectivity index (χ0n) is 6.43. The number of aliphatic hydroxyl groups excluding tert-OH is 1. The van der Waals surface area contributed by atoms with Crippen LogP contribution in [0.1, 0.15) is 6.42 Å². The first-order chi connectivity index (χ1) is 4.84. The van der Waals surface area contributed by atoms with E-state index in [0.717, 1.165) is 26.1 Å². The van der Waals surface area contributed by atoms with Gasteiger partial charge in [-0.15, -0.1) is 0 Å². The molecule has 0 aromatic carbocycles. The third kappa shape index (κ3) is 1.94. The zero-order valence-corrected chi connectivity index (χ0v) is 6.43. The van der Waals surface area contributed by atoms with E-state index in [2.05, 4.69) is 10.6 Å². The fourth-order valence-electron chi connectivity index (χ4n) is 1.40. The molecule has 1 aliphatic heterocycles. The molecule has 2 atom stereocenters. The van der Waals surface area contributed by atoms with Gasteiger partial charge in [0.15, 0.2) is 0 Å². The van der Waals surface area contributed by atoms with Crippen LogP contribution in [-0.2, 0) is 0 Å². The van der Waals surface area contributed by atoms with Crippen molar-refractivity contribution in [2.24, 2.45) is 5.92 Å². The van der Waals surface area contributed by atoms with Crippen LogP contribution in [0.2, 0.25) is 0 Å². The number of β-amino-alcohol motifs (C(OH)–C–C–N with tert-alkyl or cyclic N) is 1. The molecule has 1 saturated heterocycles. The quantitative estimate of drug-likeness (QED) is 0.474. The first-order valence-electron chi connectivity index (χ1n) is 3.88. The van der Waals surface area contributed by atoms with E-state index in [9.17, 15) is 5.11 Å². The van der Waals surface area contributed by atoms with Gasteiger partial charge < -0.3 is 15.7 Å². The number of hydrogen-bond acceptors (Lipinski definition) is 3. The second-order valence-corrected chi connectivity index (χ2v) is 2.88. The second-order valence-electron chi connectivity index (χ2n) is 2.88. The molecule has 1 rings (SSSR count). The summed E-state index contributed by atoms with van der Waals surface area (Å²) in [5.41, 5.74) is 0. The Kier molecular flexibility index (Phi) is 3.12. The minimum absolute atomic E-state index is 0.152. The Morgan fingerprint density at radius 3 is 3.10 bits per heavy atom. The van der Waals surface area contributed by atoms with Crippen molar-refractivity contribution in [2.75, 3.05) is 26.7 Å². The zero-order chi connectivity index (χ0) is 7.40. The molecule has 0 unspecified atom stereocenters. The van der Waals surface area contributed by atoms with Crippen molar-refractivity contribution in [1.29, 1.82) is 0 Å². The fraction of sp³-hybridized carbons (Fsp3) is 1.00. The van der Waals surface area contributed by atoms with Gasteiger partial charge in [0, 0.05) is 13.1 Å². The average molecular weight is 144 g/mol. The third-order valence-electron chi connectivity index (χ3n) is 2.06. The fourth-order valence-corrected chi connectivity index (χ4v) is 1.40. The van der Waals surface area contributed by atoms with E-state index >= 15 is 0 Å². The number of nitrogens with one attached hydrogen (secondary N) is 2. The molecule has 1 fully saturated rings. The maximum absolute atomic E-state index is 9.40. The average Bonchev–Trinajstić information content (AvgIpc) is 1.94. The highest BCUT2D eigenvalue weighted by Gasteiger charge is 2.21. The van der Waals surface area contributed by atoms with Crippen LogP contribution in [0.3, 0.4) is 0 Å². The smallest absolute Gasteiger partial charge is 0.0705 e. The van der Waals surface area contributed by atoms with E-state index in [-0.39, 0.29) is 6.10 Å². The minimum atomic E-state index is -0.152. The van der Waals surface area contributed by atoms with Gasteiger partial charge in [0.05, 0.1) is 6.10 Å². The lowest BCUT2D eigenvalue weighted by atomic mass is 9.95. The van der Waals surface area contributed by atoms with Gasteiger partial charge >= 0.3 is 0 Å². The van der Waals surface area contributed by atoms with E-state index in [1.54, 1.807) is 0 Å². The molecule has 0 amide bonds. The highest BCUT2D eigenvalue weighted by atomic mass is 16.3. The molecule has 10 heavy (non-hydrogen) atoms. The van der Waals surface area contributed by atoms with E-state index < -0.39 is 0 Å². The lowest BCUT2D eigenvalue weighted by Crippen LogP contribution is -2.43. The molecular formula is C7H16N2O. The van der Waals surface area contributed by atoms with Crippen LogP contribution < -0.4 is 10.6 Å². The van der Waals surface area contributed by atoms with E-state index in [0.29, 0.717) is 5.92 Å². The van der Waals surface area contributed by atoms with Crippen LogP contribution in [0, 0.1) is 5.92 Å². The van der Waals surface area contributed by atoms with Crippen molar-refractivity contribution >= 4 is 0 Å². The van der Waals surface area contributed by atoms with Crippen molar-refractivity contribution < 1.29 is 5.11 Å². The largest absolute Gasteiger partial charge is 0.391 e. The highest BCUT2D eigenvalue weighted by molar-refractivity contribution is 4.77. The van der Waals surface area contributed by atoms with Gasteiger partial charge in [0.2, 0.25) is 0 Å². The van der Waals surface area contributed by atoms with Crippen LogP contribution >= 0.6 is 0 Å². The molecule has 3 N–H and O–H groups in total. The van der Waals surface area contributed by atoms with Crippen LogP contribution in [-0.4, -0.2) is 37.9 Å². The summed E-state index contributed by atoms with van der Waals surface area (Å²) in [5.74, 6) is 0.450. The summed E-state index contributed by atoms with van der Waals surface area (Å²) >= 11 is 0. The van der Waals surface area contributed by atoms with Gasteiger partial charge in [-0.25, -0.2) is 0 Å². The third-order valence-corrected chi connectivity index (χ3v) is 2.06. The topological polar surface area (TPSA) is 44.3 Å². The predicted octanol–water partition coefficient (Wildman–Crippen LogP) is -0.824. The summed E-state index contributed by atoms with van der Waals surface area (Å²) < 4.78 is 0. The molecule has 0 aromatic heterocycles. The summed E-state index contributed by atoms with van der Waals surface area (Å²) in [6.07, 6.45) is 0.934. The predicted molar refractivity (Wildman–Crippen MR) is 40.9 cm³/mol. The molecule has 3 heteroatoms. The van der Waals surface area contributed by atoms with Gasteiger partial charge in [-0.2, -0.15) is 0 Å². The Hall–Kier alpha value is -0.120. The Morgan fingerprint density at radius 1 is 1.70 bits per heavy atom. The van der Waals surface area contributed by atoms with Crippen molar-refractivity contribution in [3.05, 3.63) is 0 Å². The van der Waals surface area contributed by atoms with Gasteiger partial charge in [-0.1, -0.05) is 0 Å². The summed E-state index contributed by atoms with van der Waals surface area (Å²) in [6.45, 7) is 2.73. The van der Waals surface area contributed by atoms with E-state index in [4.69, 9.17) is 0 Å². The molecule has 0 bridgehead atoms. The molecule has 0 saturated carbocycles. The monoisotopic (exact) mass is 144 g/mol. The molecular weight excluding hydrogens is 128 g/mol. The lowest BCUT2D eigenvalue weighted by Gasteiger charge is -2.27. The molecule has 60 valence electrons. The minimum Gasteiger partial charge on any atom is -0.391 e. The van der Waals surface area contributed by atoms with Gasteiger partial charge in [0.1, 0.15) is 0 Å². The maximum atomic E-state index is 9.40. The molecule has 0 radical (unpaired) electrons. The molecule has 0 aliphatic carbocycles. The highest BCUT2D eigenvalue weighted by Crippen LogP contribution is 2.10. The summed E-state index contributed by atoms with van der Waals surface area (Å²) in [7, 11) is 1.93. The summed E-state index contributed by atoms with van der Waals surface area (Å²) in [6, 6.07) is 0. The normalized spacial score (nSPS) is 34.2. The Balaban J connectivity index is 2.25. The second kappa shape index (κ2) is 3.91. The van der Waals surface area contributed by atoms with Crippen molar-refractivity contribution in [3.8, 4) is 0 Å². The number of aliphatic hydroxyl groups is 1. The molecule has 0 aromatic rings. The van der Waals surface area contributed by atoms with Gasteiger partial charge in [0.25, 0.3) is 0 Å². The first-order valence-corrected chi connectivity index (χ1v) is 3.88. The van der Waals surface area contributed by atoms with Crippen LogP contribution in [0.5, 0.6) is 0 Å². The Morgan fingerprint density at radius 2 is 2.50 bits per heavy atom. The van der Waals surface area contributed by atoms with Crippen LogP contribution in [0.25, 0.3) is 0 Å². The summed E-state index contributed by atoms with van der Waals surface area (Å²) in [5, 5.41) is 15.6. The van der Waals surface area contributed by atoms with E-state index in [1.165, 1.54) is 0 Å². The Bertz CT molecular complexity index is 95.6. The van der Waals surface area contributed by atoms with Crippen LogP contribution in [0.4, 0.5) is 0 Å². The molecule has 0 spiro atoms. The Labute approximate surface area is 61.8 Å². The standard InChI is InChI=1S/C7H16N2O/c1-8-4-6-2-3-9-5-7(6)10/h6-10H,2-5H2,1H3/t6-,7-/m1/s1. The maximum Gasteiger partial charge on any atom is 0.0705 e. The number of hydrogen-bond donors (Lipinski definition) is 3. The first kappa shape index (κ1) is 7.98. The SMILES string of the molecule is CNC[C@H]1CCNC[C@H]1O. The van der Waals surface area contributed by atoms with Crippen molar-refractivity contribution in [2.45, 2.75) is 12.5 Å². The van der Waals surface area contributed by atoms with E-state index in [1.807, 2.05) is 7.05 Å². The molecule has 3 nitrogen and oxygen atoms in total. The van der Waals surface area contributed by atoms with Crippen molar-refractivity contribution in [1.82, 2.24) is 10.6 Å². The lowest BCUT2D eigenvalue weighted by molar-refractivity contribution is 0.0826. The van der Waals surface area contributed by atoms with Crippen molar-refractivity contribution in [3.63, 3.8) is 0 Å². The number of piperidine rings is 1. The van der Waals surface area contributed by atoms with Gasteiger partial charge in [-0.05, 0) is 25.9 Å².